The monoisotopic (exact) mass is 563 g/mol. The predicted octanol–water partition coefficient (Wildman–Crippen LogP) is 3.85. The van der Waals surface area contributed by atoms with E-state index in [2.05, 4.69) is 28.2 Å². The van der Waals surface area contributed by atoms with Gasteiger partial charge in [0.15, 0.2) is 0 Å². The van der Waals surface area contributed by atoms with E-state index in [4.69, 9.17) is 9.97 Å². The summed E-state index contributed by atoms with van der Waals surface area (Å²) in [5.41, 5.74) is 11.9. The number of hydrogen-bond donors (Lipinski definition) is 2. The topological polar surface area (TPSA) is 138 Å². The fourth-order valence-corrected chi connectivity index (χ4v) is 5.09. The maximum atomic E-state index is 11.3. The molecular weight excluding hydrogens is 535 g/mol. The fraction of sp³-hybridized carbons (Fsp3) is 0.267. The third-order valence-corrected chi connectivity index (χ3v) is 7.23. The smallest absolute Gasteiger partial charge is 0.550 e. The van der Waals surface area contributed by atoms with Crippen molar-refractivity contribution in [2.24, 2.45) is 0 Å². The number of carboxylic acid groups (broad SMARTS) is 2. The summed E-state index contributed by atoms with van der Waals surface area (Å²) in [5.74, 6) is -2.26. The van der Waals surface area contributed by atoms with E-state index in [9.17, 15) is 19.8 Å². The van der Waals surface area contributed by atoms with E-state index < -0.39 is 11.9 Å². The molecule has 2 aliphatic rings. The maximum Gasteiger partial charge on any atom is 2.00 e. The maximum absolute atomic E-state index is 11.3. The number of nitrogens with one attached hydrogen (secondary N) is 2. The number of rotatable bonds is 6. The zero-order valence-electron chi connectivity index (χ0n) is 22.2. The molecule has 3 aromatic rings. The largest absolute Gasteiger partial charge is 2.00 e. The van der Waals surface area contributed by atoms with E-state index in [-0.39, 0.29) is 42.8 Å². The van der Waals surface area contributed by atoms with Gasteiger partial charge in [0.1, 0.15) is 0 Å². The molecular formula is C30H28MnN4O4. The van der Waals surface area contributed by atoms with Gasteiger partial charge in [-0.2, -0.15) is 0 Å². The van der Waals surface area contributed by atoms with Gasteiger partial charge in [-0.05, 0) is 123 Å². The first-order valence-corrected chi connectivity index (χ1v) is 12.6. The molecule has 5 rings (SSSR count). The Hall–Kier alpha value is -3.94. The zero-order chi connectivity index (χ0) is 27.1. The molecule has 0 saturated carbocycles. The van der Waals surface area contributed by atoms with Crippen LogP contribution < -0.4 is 10.2 Å². The first-order chi connectivity index (χ1) is 18.1. The van der Waals surface area contributed by atoms with Crippen LogP contribution in [0.4, 0.5) is 0 Å². The Kier molecular flexibility index (Phi) is 7.95. The van der Waals surface area contributed by atoms with E-state index in [0.717, 1.165) is 66.9 Å². The quantitative estimate of drug-likeness (QED) is 0.437. The van der Waals surface area contributed by atoms with Gasteiger partial charge in [0.2, 0.25) is 0 Å². The van der Waals surface area contributed by atoms with Gasteiger partial charge in [0.05, 0.1) is 22.8 Å². The third-order valence-electron chi connectivity index (χ3n) is 7.23. The number of aryl methyl sites for hydroxylation is 2. The van der Waals surface area contributed by atoms with Gasteiger partial charge in [-0.1, -0.05) is 0 Å². The van der Waals surface area contributed by atoms with Crippen molar-refractivity contribution in [3.05, 3.63) is 70.3 Å². The molecule has 2 aliphatic heterocycles. The summed E-state index contributed by atoms with van der Waals surface area (Å²) < 4.78 is 0. The van der Waals surface area contributed by atoms with Crippen molar-refractivity contribution in [1.29, 1.82) is 0 Å². The van der Waals surface area contributed by atoms with Gasteiger partial charge in [0, 0.05) is 34.0 Å². The van der Waals surface area contributed by atoms with Gasteiger partial charge >= 0.3 is 17.1 Å². The van der Waals surface area contributed by atoms with Crippen LogP contribution in [0.3, 0.4) is 0 Å². The van der Waals surface area contributed by atoms with Crippen LogP contribution in [0.1, 0.15) is 73.4 Å². The minimum atomic E-state index is -1.13. The van der Waals surface area contributed by atoms with E-state index in [1.165, 1.54) is 0 Å². The number of nitrogens with zero attached hydrogens (tertiary/aromatic N) is 2. The Morgan fingerprint density at radius 2 is 1.08 bits per heavy atom. The Morgan fingerprint density at radius 3 is 1.56 bits per heavy atom. The Balaban J connectivity index is 0.00000353. The first-order valence-electron chi connectivity index (χ1n) is 12.6. The number of aromatic nitrogens is 4. The van der Waals surface area contributed by atoms with Gasteiger partial charge in [-0.3, -0.25) is 0 Å². The molecule has 8 bridgehead atoms. The summed E-state index contributed by atoms with van der Waals surface area (Å²) >= 11 is 0. The number of H-pyrrole nitrogens is 2. The molecule has 39 heavy (non-hydrogen) atoms. The molecule has 0 fully saturated rings. The molecule has 2 N–H and O–H groups in total. The summed E-state index contributed by atoms with van der Waals surface area (Å²) in [5, 5.41) is 22.6. The van der Waals surface area contributed by atoms with Gasteiger partial charge in [0.25, 0.3) is 0 Å². The van der Waals surface area contributed by atoms with Crippen molar-refractivity contribution in [3.8, 4) is 0 Å². The number of fused-ring (bicyclic) bond motifs is 8. The molecule has 3 aromatic heterocycles. The minimum Gasteiger partial charge on any atom is -0.550 e. The molecule has 0 unspecified atom stereocenters. The Labute approximate surface area is 236 Å². The number of carbonyl (C=O) groups is 2. The molecule has 1 radical (unpaired) electrons. The molecule has 199 valence electrons. The second kappa shape index (κ2) is 11.0. The number of carboxylic acids is 2. The Bertz CT molecular complexity index is 1730. The summed E-state index contributed by atoms with van der Waals surface area (Å²) in [6, 6.07) is 11.9. The van der Waals surface area contributed by atoms with Crippen LogP contribution in [-0.2, 0) is 26.7 Å². The third kappa shape index (κ3) is 5.75. The van der Waals surface area contributed by atoms with E-state index in [0.29, 0.717) is 11.4 Å². The molecule has 8 nitrogen and oxygen atoms in total. The molecule has 0 aromatic carbocycles. The standard InChI is InChI=1S/C30H30N4O4.Mn/c1-15-9-20-12-25-17(3)21(5-7-29(35)36)27(33-25)14-28-22(6-8-30(37)38)18(4)26(34-28)13-24-16(2)10-19(32-24)11-23(15)31-20;/h9-14,31-32H,5-8H2,1-4H3,(H,35,36)(H,37,38);/q;+2/p-2. The van der Waals surface area contributed by atoms with Crippen LogP contribution in [-0.4, -0.2) is 31.9 Å². The minimum absolute atomic E-state index is 0. The van der Waals surface area contributed by atoms with Crippen molar-refractivity contribution in [2.75, 3.05) is 0 Å². The van der Waals surface area contributed by atoms with Crippen LogP contribution in [0.5, 0.6) is 0 Å². The van der Waals surface area contributed by atoms with Crippen molar-refractivity contribution in [3.63, 3.8) is 0 Å². The van der Waals surface area contributed by atoms with E-state index >= 15 is 0 Å². The average molecular weight is 564 g/mol. The summed E-state index contributed by atoms with van der Waals surface area (Å²) in [4.78, 5) is 39.2. The molecule has 0 saturated heterocycles. The molecule has 5 heterocycles. The number of hydrogen-bond acceptors (Lipinski definition) is 6. The molecule has 9 heteroatoms. The summed E-state index contributed by atoms with van der Waals surface area (Å²) in [7, 11) is 0. The van der Waals surface area contributed by atoms with Crippen LogP contribution in [0.15, 0.2) is 36.4 Å². The van der Waals surface area contributed by atoms with Crippen molar-refractivity contribution in [2.45, 2.75) is 53.4 Å². The molecule has 0 aliphatic carbocycles. The number of aliphatic carboxylic acids is 2. The fourth-order valence-electron chi connectivity index (χ4n) is 5.09. The first kappa shape index (κ1) is 28.1. The van der Waals surface area contributed by atoms with Crippen LogP contribution in [0, 0.1) is 13.8 Å². The predicted molar refractivity (Wildman–Crippen MR) is 144 cm³/mol. The SMILES string of the molecule is CC1=C(CCC(=O)[O-])c2cc3nc(cc4[nH]c(cc4C)cc4[nH]c(cc1n2)cc4C)C(C)=C3CCC(=O)[O-].[Mn+2]. The summed E-state index contributed by atoms with van der Waals surface area (Å²) in [6.45, 7) is 7.93. The number of aromatic amines is 2. The number of carbonyl (C=O) groups excluding carboxylic acids is 2. The second-order valence-corrected chi connectivity index (χ2v) is 9.94. The molecule has 0 atom stereocenters. The van der Waals surface area contributed by atoms with E-state index in [1.807, 2.05) is 45.9 Å². The van der Waals surface area contributed by atoms with Crippen LogP contribution >= 0.6 is 0 Å². The van der Waals surface area contributed by atoms with Crippen LogP contribution in [0.2, 0.25) is 0 Å². The summed E-state index contributed by atoms with van der Waals surface area (Å²) in [6.07, 6.45) is 0.263. The van der Waals surface area contributed by atoms with Crippen LogP contribution in [0.25, 0.3) is 44.4 Å². The normalized spacial score (nSPS) is 13.0. The van der Waals surface area contributed by atoms with Gasteiger partial charge in [-0.15, -0.1) is 0 Å². The molecule has 0 amide bonds. The van der Waals surface area contributed by atoms with E-state index in [1.54, 1.807) is 0 Å². The number of allylic oxidation sites excluding steroid dienone is 4. The van der Waals surface area contributed by atoms with Crippen molar-refractivity contribution >= 4 is 56.3 Å². The van der Waals surface area contributed by atoms with Gasteiger partial charge in [-0.25, -0.2) is 9.97 Å². The van der Waals surface area contributed by atoms with Crippen molar-refractivity contribution in [1.82, 2.24) is 19.9 Å². The van der Waals surface area contributed by atoms with Gasteiger partial charge < -0.3 is 29.8 Å². The Morgan fingerprint density at radius 1 is 0.641 bits per heavy atom. The second-order valence-electron chi connectivity index (χ2n) is 9.94. The zero-order valence-corrected chi connectivity index (χ0v) is 23.4. The van der Waals surface area contributed by atoms with Crippen molar-refractivity contribution < 1.29 is 36.9 Å². The molecule has 0 spiro atoms. The average Bonchev–Trinajstić information content (AvgIpc) is 3.53.